The molecule has 2 N–H and O–H groups in total. The number of methoxy groups -OCH3 is 2. The molecule has 1 aromatic heterocycles. The Balaban J connectivity index is 1.33. The number of fused-ring (bicyclic) bond motifs is 1. The highest BCUT2D eigenvalue weighted by atomic mass is 32.1. The molecule has 0 radical (unpaired) electrons. The van der Waals surface area contributed by atoms with E-state index < -0.39 is 18.3 Å². The molecule has 9 nitrogen and oxygen atoms in total. The van der Waals surface area contributed by atoms with E-state index in [0.717, 1.165) is 0 Å². The zero-order chi connectivity index (χ0) is 21.1. The van der Waals surface area contributed by atoms with Crippen molar-refractivity contribution in [1.82, 2.24) is 5.32 Å². The summed E-state index contributed by atoms with van der Waals surface area (Å²) in [7, 11) is 3.05. The van der Waals surface area contributed by atoms with Crippen LogP contribution in [0.25, 0.3) is 0 Å². The Labute approximate surface area is 177 Å². The highest BCUT2D eigenvalue weighted by molar-refractivity contribution is 7.12. The molecule has 4 atom stereocenters. The molecule has 2 amide bonds. The summed E-state index contributed by atoms with van der Waals surface area (Å²) in [4.78, 5) is 25.3. The van der Waals surface area contributed by atoms with Gasteiger partial charge in [0.15, 0.2) is 6.10 Å². The van der Waals surface area contributed by atoms with Gasteiger partial charge in [0.25, 0.3) is 5.91 Å². The first-order chi connectivity index (χ1) is 14.6. The second-order valence-corrected chi connectivity index (χ2v) is 7.77. The first kappa shape index (κ1) is 20.5. The van der Waals surface area contributed by atoms with Gasteiger partial charge in [-0.05, 0) is 11.4 Å². The molecule has 2 fully saturated rings. The molecule has 0 bridgehead atoms. The first-order valence-electron chi connectivity index (χ1n) is 9.35. The summed E-state index contributed by atoms with van der Waals surface area (Å²) in [5.74, 6) is 0.909. The number of hydrogen-bond acceptors (Lipinski definition) is 8. The number of carbonyl (C=O) groups is 2. The van der Waals surface area contributed by atoms with Gasteiger partial charge < -0.3 is 29.0 Å². The van der Waals surface area contributed by atoms with Gasteiger partial charge in [-0.25, -0.2) is 4.79 Å². The van der Waals surface area contributed by atoms with Crippen molar-refractivity contribution in [2.45, 2.75) is 24.4 Å². The van der Waals surface area contributed by atoms with Crippen molar-refractivity contribution in [1.29, 1.82) is 0 Å². The molecule has 2 saturated heterocycles. The van der Waals surface area contributed by atoms with E-state index in [1.807, 2.05) is 11.4 Å². The van der Waals surface area contributed by atoms with E-state index in [1.165, 1.54) is 25.6 Å². The van der Waals surface area contributed by atoms with Gasteiger partial charge in [0.05, 0.1) is 44.0 Å². The Hall–Kier alpha value is -2.82. The molecule has 2 aliphatic rings. The van der Waals surface area contributed by atoms with E-state index in [1.54, 1.807) is 24.3 Å². The van der Waals surface area contributed by atoms with Crippen LogP contribution in [-0.4, -0.2) is 63.8 Å². The summed E-state index contributed by atoms with van der Waals surface area (Å²) in [6.07, 6.45) is -2.03. The standard InChI is InChI=1S/C20H22N2O7S/c1-25-12-6-11(7-13(8-12)26-2)21-20(24)29-15-10-28-17-14(9-27-18(15)17)22-19(23)16-4-3-5-30-16/h3-8,14-15,17-18H,9-10H2,1-2H3,(H,21,24)(H,22,23)/t14-,15+,17+,18+/m0/s1. The number of thiophene rings is 1. The van der Waals surface area contributed by atoms with Gasteiger partial charge in [-0.15, -0.1) is 11.3 Å². The van der Waals surface area contributed by atoms with E-state index in [2.05, 4.69) is 10.6 Å². The average Bonchev–Trinajstić information content (AvgIpc) is 3.48. The Morgan fingerprint density at radius 1 is 1.07 bits per heavy atom. The molecule has 0 spiro atoms. The maximum atomic E-state index is 12.4. The van der Waals surface area contributed by atoms with Crippen molar-refractivity contribution in [2.24, 2.45) is 0 Å². The monoisotopic (exact) mass is 434 g/mol. The maximum Gasteiger partial charge on any atom is 0.412 e. The number of hydrogen-bond donors (Lipinski definition) is 2. The lowest BCUT2D eigenvalue weighted by atomic mass is 10.1. The van der Waals surface area contributed by atoms with Crippen molar-refractivity contribution in [2.75, 3.05) is 32.8 Å². The average molecular weight is 434 g/mol. The van der Waals surface area contributed by atoms with Gasteiger partial charge in [0.1, 0.15) is 23.7 Å². The molecule has 4 rings (SSSR count). The maximum absolute atomic E-state index is 12.4. The van der Waals surface area contributed by atoms with Crippen LogP contribution in [0.15, 0.2) is 35.7 Å². The summed E-state index contributed by atoms with van der Waals surface area (Å²) < 4.78 is 27.4. The first-order valence-corrected chi connectivity index (χ1v) is 10.2. The molecule has 2 aromatic rings. The third-order valence-corrected chi connectivity index (χ3v) is 5.79. The summed E-state index contributed by atoms with van der Waals surface area (Å²) >= 11 is 1.37. The lowest BCUT2D eigenvalue weighted by Crippen LogP contribution is -2.44. The van der Waals surface area contributed by atoms with Crippen molar-refractivity contribution < 1.29 is 33.3 Å². The third kappa shape index (κ3) is 4.35. The number of rotatable bonds is 6. The van der Waals surface area contributed by atoms with E-state index in [9.17, 15) is 9.59 Å². The number of nitrogens with one attached hydrogen (secondary N) is 2. The van der Waals surface area contributed by atoms with Crippen LogP contribution in [0.5, 0.6) is 11.5 Å². The van der Waals surface area contributed by atoms with Crippen LogP contribution in [0.4, 0.5) is 10.5 Å². The molecule has 3 heterocycles. The van der Waals surface area contributed by atoms with Crippen LogP contribution in [0.3, 0.4) is 0 Å². The van der Waals surface area contributed by atoms with Crippen LogP contribution in [0, 0.1) is 0 Å². The normalized spacial score (nSPS) is 24.7. The minimum absolute atomic E-state index is 0.170. The molecular weight excluding hydrogens is 412 g/mol. The van der Waals surface area contributed by atoms with Crippen molar-refractivity contribution in [3.05, 3.63) is 40.6 Å². The predicted molar refractivity (Wildman–Crippen MR) is 108 cm³/mol. The highest BCUT2D eigenvalue weighted by Crippen LogP contribution is 2.30. The van der Waals surface area contributed by atoms with Crippen molar-refractivity contribution >= 4 is 29.0 Å². The number of amides is 2. The summed E-state index contributed by atoms with van der Waals surface area (Å²) in [5, 5.41) is 7.43. The zero-order valence-electron chi connectivity index (χ0n) is 16.5. The molecule has 1 aromatic carbocycles. The lowest BCUT2D eigenvalue weighted by Gasteiger charge is -2.18. The summed E-state index contributed by atoms with van der Waals surface area (Å²) in [6, 6.07) is 8.28. The number of carbonyl (C=O) groups excluding carboxylic acids is 2. The lowest BCUT2D eigenvalue weighted by molar-refractivity contribution is 0.00862. The minimum Gasteiger partial charge on any atom is -0.497 e. The van der Waals surface area contributed by atoms with Crippen molar-refractivity contribution in [3.8, 4) is 11.5 Å². The van der Waals surface area contributed by atoms with Crippen LogP contribution in [0.2, 0.25) is 0 Å². The fourth-order valence-corrected chi connectivity index (χ4v) is 4.13. The number of ether oxygens (including phenoxy) is 5. The van der Waals surface area contributed by atoms with Gasteiger partial charge in [-0.3, -0.25) is 10.1 Å². The highest BCUT2D eigenvalue weighted by Gasteiger charge is 2.50. The second-order valence-electron chi connectivity index (χ2n) is 6.82. The fraction of sp³-hybridized carbons (Fsp3) is 0.400. The Morgan fingerprint density at radius 2 is 1.80 bits per heavy atom. The van der Waals surface area contributed by atoms with Gasteiger partial charge in [0.2, 0.25) is 0 Å². The van der Waals surface area contributed by atoms with Crippen molar-refractivity contribution in [3.63, 3.8) is 0 Å². The van der Waals surface area contributed by atoms with E-state index in [0.29, 0.717) is 28.7 Å². The molecule has 160 valence electrons. The Bertz CT molecular complexity index is 882. The number of benzene rings is 1. The SMILES string of the molecule is COc1cc(NC(=O)O[C@@H]2CO[C@H]3[C@@H]2OC[C@@H]3NC(=O)c2cccs2)cc(OC)c1. The van der Waals surface area contributed by atoms with Gasteiger partial charge in [0, 0.05) is 18.2 Å². The molecule has 30 heavy (non-hydrogen) atoms. The van der Waals surface area contributed by atoms with E-state index in [4.69, 9.17) is 23.7 Å². The smallest absolute Gasteiger partial charge is 0.412 e. The molecule has 0 unspecified atom stereocenters. The summed E-state index contributed by atoms with van der Waals surface area (Å²) in [5.41, 5.74) is 0.472. The van der Waals surface area contributed by atoms with Gasteiger partial charge in [-0.1, -0.05) is 6.07 Å². The fourth-order valence-electron chi connectivity index (χ4n) is 3.50. The molecule has 0 aliphatic carbocycles. The van der Waals surface area contributed by atoms with Crippen LogP contribution in [-0.2, 0) is 14.2 Å². The third-order valence-electron chi connectivity index (χ3n) is 4.93. The molecule has 10 heteroatoms. The van der Waals surface area contributed by atoms with Crippen LogP contribution in [0.1, 0.15) is 9.67 Å². The Kier molecular flexibility index (Phi) is 6.07. The topological polar surface area (TPSA) is 104 Å². The molecule has 2 aliphatic heterocycles. The summed E-state index contributed by atoms with van der Waals surface area (Å²) in [6.45, 7) is 0.483. The van der Waals surface area contributed by atoms with E-state index in [-0.39, 0.29) is 24.7 Å². The van der Waals surface area contributed by atoms with Gasteiger partial charge in [-0.2, -0.15) is 0 Å². The zero-order valence-corrected chi connectivity index (χ0v) is 17.3. The minimum atomic E-state index is -0.644. The Morgan fingerprint density at radius 3 is 2.47 bits per heavy atom. The second kappa shape index (κ2) is 8.90. The van der Waals surface area contributed by atoms with E-state index >= 15 is 0 Å². The molecular formula is C20H22N2O7S. The van der Waals surface area contributed by atoms with Gasteiger partial charge >= 0.3 is 6.09 Å². The largest absolute Gasteiger partial charge is 0.497 e. The quantitative estimate of drug-likeness (QED) is 0.719. The van der Waals surface area contributed by atoms with Crippen LogP contribution < -0.4 is 20.1 Å². The van der Waals surface area contributed by atoms with Crippen LogP contribution >= 0.6 is 11.3 Å². The molecule has 0 saturated carbocycles. The predicted octanol–water partition coefficient (Wildman–Crippen LogP) is 2.28. The number of anilines is 1.